The van der Waals surface area contributed by atoms with Crippen LogP contribution in [-0.4, -0.2) is 21.3 Å². The molecular formula is C16H17N5O2S. The molecule has 0 saturated heterocycles. The lowest BCUT2D eigenvalue weighted by Crippen LogP contribution is -2.41. The number of carbonyl (C=O) groups excluding carboxylic acids is 1. The minimum Gasteiger partial charge on any atom is -0.374 e. The van der Waals surface area contributed by atoms with Gasteiger partial charge in [0.25, 0.3) is 5.91 Å². The minimum atomic E-state index is -0.718. The molecule has 0 atom stereocenters. The van der Waals surface area contributed by atoms with E-state index in [0.717, 1.165) is 5.56 Å². The fourth-order valence-electron chi connectivity index (χ4n) is 2.32. The highest BCUT2D eigenvalue weighted by Gasteiger charge is 2.30. The zero-order valence-electron chi connectivity index (χ0n) is 13.5. The second kappa shape index (κ2) is 6.04. The number of rotatable bonds is 4. The Balaban J connectivity index is 1.92. The van der Waals surface area contributed by atoms with E-state index < -0.39 is 5.54 Å². The van der Waals surface area contributed by atoms with Crippen LogP contribution in [0.2, 0.25) is 0 Å². The molecule has 0 bridgehead atoms. The van der Waals surface area contributed by atoms with Gasteiger partial charge in [0.05, 0.1) is 5.54 Å². The zero-order chi connectivity index (χ0) is 17.3. The lowest BCUT2D eigenvalue weighted by Gasteiger charge is -2.23. The largest absolute Gasteiger partial charge is 0.374 e. The lowest BCUT2D eigenvalue weighted by atomic mass is 10.0. The SMILES string of the molecule is Cc1onc(-c2ccccc2)c1C(=O)NC(C)(C)c1nnc(N)s1. The molecule has 0 unspecified atom stereocenters. The third-order valence-corrected chi connectivity index (χ3v) is 4.61. The van der Waals surface area contributed by atoms with Crippen molar-refractivity contribution in [2.75, 3.05) is 5.73 Å². The number of hydrogen-bond acceptors (Lipinski definition) is 7. The van der Waals surface area contributed by atoms with Crippen LogP contribution in [0.3, 0.4) is 0 Å². The van der Waals surface area contributed by atoms with Crippen LogP contribution < -0.4 is 11.1 Å². The average Bonchev–Trinajstić information content (AvgIpc) is 3.14. The Labute approximate surface area is 142 Å². The Morgan fingerprint density at radius 2 is 1.96 bits per heavy atom. The van der Waals surface area contributed by atoms with Gasteiger partial charge < -0.3 is 15.6 Å². The quantitative estimate of drug-likeness (QED) is 0.754. The van der Waals surface area contributed by atoms with Crippen molar-refractivity contribution in [3.8, 4) is 11.3 Å². The van der Waals surface area contributed by atoms with E-state index in [1.807, 2.05) is 44.2 Å². The number of carbonyl (C=O) groups is 1. The molecule has 0 aliphatic heterocycles. The second-order valence-corrected chi connectivity index (χ2v) is 6.86. The first-order valence-corrected chi connectivity index (χ1v) is 8.14. The molecule has 0 spiro atoms. The molecule has 8 heteroatoms. The molecule has 1 aromatic carbocycles. The van der Waals surface area contributed by atoms with Gasteiger partial charge in [0.1, 0.15) is 22.0 Å². The van der Waals surface area contributed by atoms with Gasteiger partial charge >= 0.3 is 0 Å². The maximum Gasteiger partial charge on any atom is 0.257 e. The molecule has 3 N–H and O–H groups in total. The van der Waals surface area contributed by atoms with Crippen LogP contribution in [0.1, 0.15) is 35.0 Å². The Morgan fingerprint density at radius 1 is 1.25 bits per heavy atom. The maximum atomic E-state index is 12.8. The Kier molecular flexibility index (Phi) is 4.06. The number of amides is 1. The van der Waals surface area contributed by atoms with Crippen LogP contribution in [0.4, 0.5) is 5.13 Å². The Morgan fingerprint density at radius 3 is 2.58 bits per heavy atom. The Hall–Kier alpha value is -2.74. The van der Waals surface area contributed by atoms with E-state index >= 15 is 0 Å². The topological polar surface area (TPSA) is 107 Å². The summed E-state index contributed by atoms with van der Waals surface area (Å²) in [5.74, 6) is 0.172. The normalized spacial score (nSPS) is 11.5. The highest BCUT2D eigenvalue weighted by Crippen LogP contribution is 2.28. The molecule has 24 heavy (non-hydrogen) atoms. The molecule has 0 aliphatic rings. The Bertz CT molecular complexity index is 870. The maximum absolute atomic E-state index is 12.8. The molecule has 2 heterocycles. The van der Waals surface area contributed by atoms with Gasteiger partial charge in [-0.05, 0) is 20.8 Å². The summed E-state index contributed by atoms with van der Waals surface area (Å²) in [7, 11) is 0. The summed E-state index contributed by atoms with van der Waals surface area (Å²) in [6.45, 7) is 5.40. The highest BCUT2D eigenvalue weighted by molar-refractivity contribution is 7.15. The smallest absolute Gasteiger partial charge is 0.257 e. The minimum absolute atomic E-state index is 0.286. The van der Waals surface area contributed by atoms with Crippen LogP contribution in [0.25, 0.3) is 11.3 Å². The van der Waals surface area contributed by atoms with Gasteiger partial charge in [0, 0.05) is 5.56 Å². The van der Waals surface area contributed by atoms with Crippen LogP contribution in [0, 0.1) is 6.92 Å². The fraction of sp³-hybridized carbons (Fsp3) is 0.250. The van der Waals surface area contributed by atoms with E-state index in [1.165, 1.54) is 11.3 Å². The molecule has 0 radical (unpaired) electrons. The van der Waals surface area contributed by atoms with Crippen LogP contribution >= 0.6 is 11.3 Å². The van der Waals surface area contributed by atoms with Crippen molar-refractivity contribution in [2.24, 2.45) is 0 Å². The summed E-state index contributed by atoms with van der Waals surface area (Å²) >= 11 is 1.24. The number of benzene rings is 1. The van der Waals surface area contributed by atoms with Gasteiger partial charge in [-0.25, -0.2) is 0 Å². The van der Waals surface area contributed by atoms with Gasteiger partial charge in [-0.15, -0.1) is 10.2 Å². The van der Waals surface area contributed by atoms with Gasteiger partial charge in [-0.2, -0.15) is 0 Å². The van der Waals surface area contributed by atoms with E-state index in [1.54, 1.807) is 6.92 Å². The first-order chi connectivity index (χ1) is 11.4. The van der Waals surface area contributed by atoms with Crippen molar-refractivity contribution >= 4 is 22.4 Å². The van der Waals surface area contributed by atoms with E-state index in [-0.39, 0.29) is 5.91 Å². The number of nitrogen functional groups attached to an aromatic ring is 1. The number of nitrogens with one attached hydrogen (secondary N) is 1. The van der Waals surface area contributed by atoms with Crippen molar-refractivity contribution in [2.45, 2.75) is 26.3 Å². The lowest BCUT2D eigenvalue weighted by molar-refractivity contribution is 0.0910. The predicted octanol–water partition coefficient (Wildman–Crippen LogP) is 2.75. The van der Waals surface area contributed by atoms with Crippen molar-refractivity contribution < 1.29 is 9.32 Å². The summed E-state index contributed by atoms with van der Waals surface area (Å²) < 4.78 is 5.24. The summed E-state index contributed by atoms with van der Waals surface area (Å²) in [6.07, 6.45) is 0. The molecule has 1 amide bonds. The van der Waals surface area contributed by atoms with Crippen molar-refractivity contribution in [1.29, 1.82) is 0 Å². The first kappa shape index (κ1) is 16.1. The molecule has 2 aromatic heterocycles. The number of aromatic nitrogens is 3. The predicted molar refractivity (Wildman–Crippen MR) is 91.5 cm³/mol. The summed E-state index contributed by atoms with van der Waals surface area (Å²) in [4.78, 5) is 12.8. The first-order valence-electron chi connectivity index (χ1n) is 7.32. The monoisotopic (exact) mass is 343 g/mol. The number of nitrogens with two attached hydrogens (primary N) is 1. The molecule has 124 valence electrons. The van der Waals surface area contributed by atoms with Crippen LogP contribution in [0.15, 0.2) is 34.9 Å². The molecule has 3 rings (SSSR count). The third-order valence-electron chi connectivity index (χ3n) is 3.54. The molecule has 0 saturated carbocycles. The number of anilines is 1. The number of aryl methyl sites for hydroxylation is 1. The van der Waals surface area contributed by atoms with Crippen molar-refractivity contribution in [3.05, 3.63) is 46.7 Å². The van der Waals surface area contributed by atoms with E-state index in [2.05, 4.69) is 20.7 Å². The van der Waals surface area contributed by atoms with Gasteiger partial charge in [0.2, 0.25) is 5.13 Å². The van der Waals surface area contributed by atoms with Crippen LogP contribution in [0.5, 0.6) is 0 Å². The summed E-state index contributed by atoms with van der Waals surface area (Å²) in [5.41, 5.74) is 6.65. The molecule has 0 aliphatic carbocycles. The average molecular weight is 343 g/mol. The van der Waals surface area contributed by atoms with Gasteiger partial charge in [0.15, 0.2) is 0 Å². The third kappa shape index (κ3) is 3.00. The number of nitrogens with zero attached hydrogens (tertiary/aromatic N) is 3. The van der Waals surface area contributed by atoms with Gasteiger partial charge in [-0.3, -0.25) is 4.79 Å². The highest BCUT2D eigenvalue weighted by atomic mass is 32.1. The molecule has 7 nitrogen and oxygen atoms in total. The second-order valence-electron chi connectivity index (χ2n) is 5.85. The molecule has 3 aromatic rings. The van der Waals surface area contributed by atoms with E-state index in [9.17, 15) is 4.79 Å². The zero-order valence-corrected chi connectivity index (χ0v) is 14.3. The molecular weight excluding hydrogens is 326 g/mol. The van der Waals surface area contributed by atoms with Crippen molar-refractivity contribution in [1.82, 2.24) is 20.7 Å². The van der Waals surface area contributed by atoms with E-state index in [0.29, 0.717) is 27.2 Å². The van der Waals surface area contributed by atoms with Gasteiger partial charge in [-0.1, -0.05) is 46.8 Å². The van der Waals surface area contributed by atoms with E-state index in [4.69, 9.17) is 10.3 Å². The number of hydrogen-bond donors (Lipinski definition) is 2. The standard InChI is InChI=1S/C16H17N5O2S/c1-9-11(12(21-23-9)10-7-5-4-6-8-10)13(22)18-16(2,3)14-19-20-15(17)24-14/h4-8H,1-3H3,(H2,17,20)(H,18,22). The summed E-state index contributed by atoms with van der Waals surface area (Å²) in [6, 6.07) is 9.43. The van der Waals surface area contributed by atoms with Crippen molar-refractivity contribution in [3.63, 3.8) is 0 Å². The molecule has 0 fully saturated rings. The summed E-state index contributed by atoms with van der Waals surface area (Å²) in [5, 5.41) is 15.8. The van der Waals surface area contributed by atoms with Crippen LogP contribution in [-0.2, 0) is 5.54 Å². The fourth-order valence-corrected chi connectivity index (χ4v) is 2.99.